The maximum absolute atomic E-state index is 8.49. The second-order valence-corrected chi connectivity index (χ2v) is 2.34. The van der Waals surface area contributed by atoms with Crippen molar-refractivity contribution < 1.29 is 76.6 Å². The molecule has 0 heterocycles. The molecule has 0 bridgehead atoms. The van der Waals surface area contributed by atoms with Crippen LogP contribution in [-0.4, -0.2) is 0 Å². The van der Waals surface area contributed by atoms with Crippen molar-refractivity contribution in [1.82, 2.24) is 5.04 Å². The molecule has 0 radical (unpaired) electrons. The van der Waals surface area contributed by atoms with E-state index in [1.165, 1.54) is 0 Å². The Kier molecular flexibility index (Phi) is 19.1. The summed E-state index contributed by atoms with van der Waals surface area (Å²) in [6.45, 7) is 0. The molecule has 14 heteroatoms. The molecule has 0 N–H and O–H groups in total. The molecule has 0 saturated heterocycles. The van der Waals surface area contributed by atoms with Gasteiger partial charge in [-0.3, -0.25) is 0 Å². The van der Waals surface area contributed by atoms with Crippen molar-refractivity contribution in [3.8, 4) is 0 Å². The van der Waals surface area contributed by atoms with E-state index >= 15 is 0 Å². The molecule has 11 nitrogen and oxygen atoms in total. The normalized spacial score (nSPS) is 9.14. The molecule has 0 aliphatic rings. The average molecular weight is 252 g/mol. The van der Waals surface area contributed by atoms with Crippen LogP contribution >= 0.6 is 0 Å². The molecule has 80 valence electrons. The molecular weight excluding hydrogens is 252 g/mol. The summed E-state index contributed by atoms with van der Waals surface area (Å²) in [6, 6.07) is 0. The quantitative estimate of drug-likeness (QED) is 0.291. The van der Waals surface area contributed by atoms with E-state index in [9.17, 15) is 0 Å². The average Bonchev–Trinajstić information content (AvgIpc) is 1.52. The third-order valence-electron chi connectivity index (χ3n) is 0. The summed E-state index contributed by atoms with van der Waals surface area (Å²) in [4.78, 5) is 16.0. The topological polar surface area (TPSA) is 233 Å². The Hall–Kier alpha value is 0.167. The maximum atomic E-state index is 8.49. The van der Waals surface area contributed by atoms with Crippen LogP contribution < -0.4 is 61.2 Å². The van der Waals surface area contributed by atoms with Gasteiger partial charge in [0.15, 0.2) is 0 Å². The van der Waals surface area contributed by atoms with Crippen LogP contribution in [0.2, 0.25) is 0 Å². The van der Waals surface area contributed by atoms with E-state index in [0.717, 1.165) is 5.04 Å². The summed E-state index contributed by atoms with van der Waals surface area (Å²) in [7, 11) is -9.89. The zero-order valence-electron chi connectivity index (χ0n) is 6.29. The predicted octanol–water partition coefficient (Wildman–Crippen LogP) is -12.9. The van der Waals surface area contributed by atoms with Gasteiger partial charge in [-0.25, -0.2) is 37.3 Å². The second kappa shape index (κ2) is 11.2. The van der Waals surface area contributed by atoms with Gasteiger partial charge < -0.3 is 0 Å². The van der Waals surface area contributed by atoms with E-state index in [4.69, 9.17) is 47.1 Å². The van der Waals surface area contributed by atoms with Crippen LogP contribution in [0.15, 0.2) is 0 Å². The first kappa shape index (κ1) is 23.8. The summed E-state index contributed by atoms with van der Waals surface area (Å²) >= 11 is 0. The van der Waals surface area contributed by atoms with Crippen molar-refractivity contribution in [2.75, 3.05) is 0 Å². The minimum Gasteiger partial charge on any atom is -0.222 e. The molecule has 0 rings (SSSR count). The van der Waals surface area contributed by atoms with Crippen LogP contribution in [0, 0.1) is 30.3 Å². The summed E-state index contributed by atoms with van der Waals surface area (Å²) in [5.41, 5.74) is 0. The van der Waals surface area contributed by atoms with E-state index in [-0.39, 0.29) is 18.9 Å². The van der Waals surface area contributed by atoms with E-state index in [1.807, 2.05) is 0 Å². The third-order valence-corrected chi connectivity index (χ3v) is 0. The van der Waals surface area contributed by atoms with Gasteiger partial charge in [-0.05, 0) is 0 Å². The summed E-state index contributed by atoms with van der Waals surface area (Å²) < 4.78 is 67.9. The second-order valence-electron chi connectivity index (χ2n) is 0.830. The Labute approximate surface area is 91.8 Å². The fraction of sp³-hybridized carbons (Fsp3) is 0. The Morgan fingerprint density at radius 2 is 0.643 bits per heavy atom. The number of hydrogen-bond donors (Lipinski definition) is 0. The molecule has 0 atom stereocenters. The fourth-order valence-corrected chi connectivity index (χ4v) is 0. The Balaban J connectivity index is -0.0000000535. The van der Waals surface area contributed by atoms with Gasteiger partial charge in [0.25, 0.3) is 0 Å². The molecule has 0 spiro atoms. The molecular formula is Cl2LiNO10. The van der Waals surface area contributed by atoms with Gasteiger partial charge in [0.1, 0.15) is 0 Å². The van der Waals surface area contributed by atoms with Gasteiger partial charge >= 0.3 is 23.9 Å². The summed E-state index contributed by atoms with van der Waals surface area (Å²) in [5.74, 6) is 0. The maximum Gasteiger partial charge on any atom is 1.00 e. The number of nitrogens with zero attached hydrogens (tertiary/aromatic N) is 1. The van der Waals surface area contributed by atoms with Gasteiger partial charge in [-0.15, -0.1) is 20.5 Å². The molecule has 0 aliphatic carbocycles. The number of nitroso groups, excluding NO2 is 2. The van der Waals surface area contributed by atoms with Crippen LogP contribution in [0.3, 0.4) is 0 Å². The fourth-order valence-electron chi connectivity index (χ4n) is 0. The first-order valence-corrected chi connectivity index (χ1v) is 4.07. The minimum absolute atomic E-state index is 0. The summed E-state index contributed by atoms with van der Waals surface area (Å²) in [6.07, 6.45) is 0. The Morgan fingerprint density at radius 3 is 0.643 bits per heavy atom. The van der Waals surface area contributed by atoms with Crippen molar-refractivity contribution in [1.29, 1.82) is 0 Å². The largest absolute Gasteiger partial charge is 1.00 e. The number of halogens is 2. The van der Waals surface area contributed by atoms with Crippen LogP contribution in [-0.2, 0) is 0 Å². The Morgan fingerprint density at radius 1 is 0.643 bits per heavy atom. The predicted molar refractivity (Wildman–Crippen MR) is 8.87 cm³/mol. The standard InChI is InChI=1S/2ClHO4.Li.NO2/c2*2-1(3,4)5;;2-1-3/h2*(H,2,3,4,5);;/q;;2*+1/p-2. The molecule has 14 heavy (non-hydrogen) atoms. The number of rotatable bonds is 0. The van der Waals surface area contributed by atoms with Crippen molar-refractivity contribution in [2.45, 2.75) is 0 Å². The molecule has 0 aromatic rings. The zero-order valence-corrected chi connectivity index (χ0v) is 7.80. The van der Waals surface area contributed by atoms with E-state index in [1.54, 1.807) is 0 Å². The molecule has 0 unspecified atom stereocenters. The van der Waals surface area contributed by atoms with Gasteiger partial charge in [0.2, 0.25) is 9.81 Å². The van der Waals surface area contributed by atoms with Crippen LogP contribution in [0.1, 0.15) is 0 Å². The zero-order chi connectivity index (χ0) is 11.7. The van der Waals surface area contributed by atoms with Gasteiger partial charge in [-0.2, -0.15) is 0 Å². The van der Waals surface area contributed by atoms with Crippen molar-refractivity contribution in [3.63, 3.8) is 0 Å². The van der Waals surface area contributed by atoms with E-state index in [2.05, 4.69) is 0 Å². The smallest absolute Gasteiger partial charge is 0.222 e. The molecule has 0 aromatic carbocycles. The first-order chi connectivity index (χ1) is 5.41. The SMILES string of the molecule is O=[N+]=O.[Li+].[O-][Cl+3]([O-])([O-])[O-].[O-][Cl+3]([O-])([O-])[O-]. The van der Waals surface area contributed by atoms with Gasteiger partial charge in [-0.1, -0.05) is 0 Å². The first-order valence-electron chi connectivity index (χ1n) is 1.60. The van der Waals surface area contributed by atoms with Gasteiger partial charge in [0.05, 0.1) is 0 Å². The van der Waals surface area contributed by atoms with Crippen LogP contribution in [0.25, 0.3) is 0 Å². The van der Waals surface area contributed by atoms with Crippen molar-refractivity contribution in [2.24, 2.45) is 0 Å². The molecule has 0 aliphatic heterocycles. The number of hydrogen-bond acceptors (Lipinski definition) is 10. The Bertz CT molecular complexity index is 115. The monoisotopic (exact) mass is 251 g/mol. The van der Waals surface area contributed by atoms with E-state index in [0.29, 0.717) is 0 Å². The molecule has 0 amide bonds. The summed E-state index contributed by atoms with van der Waals surface area (Å²) in [5, 5.41) is 1.00. The van der Waals surface area contributed by atoms with Crippen molar-refractivity contribution >= 4 is 0 Å². The van der Waals surface area contributed by atoms with E-state index < -0.39 is 20.5 Å². The molecule has 0 saturated carbocycles. The van der Waals surface area contributed by atoms with Crippen LogP contribution in [0.5, 0.6) is 0 Å². The van der Waals surface area contributed by atoms with Crippen molar-refractivity contribution in [3.05, 3.63) is 9.81 Å². The molecule has 0 aromatic heterocycles. The van der Waals surface area contributed by atoms with Gasteiger partial charge in [0, 0.05) is 0 Å². The molecule has 0 fully saturated rings. The third kappa shape index (κ3) is 54100. The minimum atomic E-state index is -4.94. The van der Waals surface area contributed by atoms with Crippen LogP contribution in [0.4, 0.5) is 0 Å².